The van der Waals surface area contributed by atoms with Crippen LogP contribution in [0.25, 0.3) is 0 Å². The maximum Gasteiger partial charge on any atom is 0.289 e. The van der Waals surface area contributed by atoms with E-state index in [2.05, 4.69) is 5.73 Å². The lowest BCUT2D eigenvalue weighted by Gasteiger charge is -1.76. The molecule has 5 heteroatoms. The zero-order valence-electron chi connectivity index (χ0n) is 3.40. The van der Waals surface area contributed by atoms with E-state index in [0.717, 1.165) is 6.20 Å². The van der Waals surface area contributed by atoms with E-state index in [0.29, 0.717) is 5.41 Å². The summed E-state index contributed by atoms with van der Waals surface area (Å²) >= 11 is 0. The lowest BCUT2D eigenvalue weighted by Crippen LogP contribution is -1.91. The van der Waals surface area contributed by atoms with Crippen molar-refractivity contribution in [1.82, 2.24) is 0 Å². The van der Waals surface area contributed by atoms with E-state index in [9.17, 15) is 8.42 Å². The molecule has 0 rings (SSSR count). The molecular weight excluding hydrogens is 118 g/mol. The molecule has 3 N–H and O–H groups in total. The van der Waals surface area contributed by atoms with Gasteiger partial charge in [0.2, 0.25) is 0 Å². The van der Waals surface area contributed by atoms with Crippen LogP contribution in [0.3, 0.4) is 0 Å². The predicted molar refractivity (Wildman–Crippen MR) is 24.9 cm³/mol. The Kier molecular flexibility index (Phi) is 1.79. The Hall–Kier alpha value is -0.550. The summed E-state index contributed by atoms with van der Waals surface area (Å²) in [5.41, 5.74) is 4.59. The van der Waals surface area contributed by atoms with Crippen LogP contribution in [0.4, 0.5) is 0 Å². The fourth-order valence-electron chi connectivity index (χ4n) is 0.0993. The second-order valence-electron chi connectivity index (χ2n) is 0.844. The first-order valence-electron chi connectivity index (χ1n) is 1.42. The average Bonchev–Trinajstić information content (AvgIpc) is 1.30. The summed E-state index contributed by atoms with van der Waals surface area (Å²) in [4.78, 5) is 0. The van der Waals surface area contributed by atoms with Crippen LogP contribution in [0.1, 0.15) is 0 Å². The summed E-state index contributed by atoms with van der Waals surface area (Å²) in [7, 11) is -3.98. The van der Waals surface area contributed by atoms with Crippen LogP contribution in [-0.2, 0) is 10.1 Å². The van der Waals surface area contributed by atoms with Crippen molar-refractivity contribution in [3.8, 4) is 0 Å². The van der Waals surface area contributed by atoms with Gasteiger partial charge in [-0.1, -0.05) is 0 Å². The first-order chi connectivity index (χ1) is 3.06. The molecule has 0 saturated heterocycles. The summed E-state index contributed by atoms with van der Waals surface area (Å²) in [6, 6.07) is 0. The van der Waals surface area contributed by atoms with E-state index in [1.54, 1.807) is 0 Å². The van der Waals surface area contributed by atoms with E-state index in [1.807, 2.05) is 0 Å². The summed E-state index contributed by atoms with van der Waals surface area (Å²) in [5, 5.41) is 0.493. The Labute approximate surface area is 41.4 Å². The molecule has 0 aromatic carbocycles. The third-order valence-corrected chi connectivity index (χ3v) is 0.752. The van der Waals surface area contributed by atoms with Gasteiger partial charge in [0.25, 0.3) is 10.1 Å². The predicted octanol–water partition coefficient (Wildman–Crippen LogP) is -0.696. The smallest absolute Gasteiger partial charge is 0.289 e. The second-order valence-corrected chi connectivity index (χ2v) is 2.15. The molecule has 0 aromatic heterocycles. The van der Waals surface area contributed by atoms with E-state index in [4.69, 9.17) is 4.55 Å². The van der Waals surface area contributed by atoms with Crippen LogP contribution >= 0.6 is 0 Å². The maximum absolute atomic E-state index is 9.62. The highest BCUT2D eigenvalue weighted by molar-refractivity contribution is 7.88. The van der Waals surface area contributed by atoms with Crippen LogP contribution in [0.2, 0.25) is 0 Å². The Morgan fingerprint density at radius 2 is 2.00 bits per heavy atom. The normalized spacial score (nSPS) is 12.7. The molecule has 0 heterocycles. The van der Waals surface area contributed by atoms with Crippen LogP contribution in [0, 0.1) is 0 Å². The van der Waals surface area contributed by atoms with Crippen molar-refractivity contribution in [3.05, 3.63) is 11.6 Å². The van der Waals surface area contributed by atoms with E-state index >= 15 is 0 Å². The van der Waals surface area contributed by atoms with Crippen molar-refractivity contribution < 1.29 is 13.0 Å². The first kappa shape index (κ1) is 6.45. The fraction of sp³-hybridized carbons (Fsp3) is 0. The van der Waals surface area contributed by atoms with Crippen molar-refractivity contribution >= 4 is 10.1 Å². The van der Waals surface area contributed by atoms with Gasteiger partial charge in [0, 0.05) is 6.20 Å². The molecule has 0 aliphatic carbocycles. The van der Waals surface area contributed by atoms with Gasteiger partial charge in [-0.15, -0.1) is 0 Å². The van der Waals surface area contributed by atoms with Crippen LogP contribution in [0.15, 0.2) is 11.6 Å². The third kappa shape index (κ3) is 5.45. The SMILES string of the molecule is NC=CS(=O)(=O)O. The summed E-state index contributed by atoms with van der Waals surface area (Å²) < 4.78 is 27.1. The molecule has 0 unspecified atom stereocenters. The van der Waals surface area contributed by atoms with E-state index < -0.39 is 10.1 Å². The summed E-state index contributed by atoms with van der Waals surface area (Å²) in [6.45, 7) is 0. The van der Waals surface area contributed by atoms with Gasteiger partial charge in [-0.05, 0) is 0 Å². The highest BCUT2D eigenvalue weighted by Crippen LogP contribution is 1.78. The molecule has 0 atom stereocenters. The number of rotatable bonds is 1. The number of nitrogens with two attached hydrogens (primary N) is 1. The lowest BCUT2D eigenvalue weighted by molar-refractivity contribution is 0.494. The molecular formula is C2H5NO3S. The maximum atomic E-state index is 9.62. The molecule has 7 heavy (non-hydrogen) atoms. The third-order valence-electron chi connectivity index (χ3n) is 0.251. The monoisotopic (exact) mass is 123 g/mol. The Bertz CT molecular complexity index is 156. The van der Waals surface area contributed by atoms with E-state index in [1.165, 1.54) is 0 Å². The average molecular weight is 123 g/mol. The zero-order valence-corrected chi connectivity index (χ0v) is 4.22. The molecule has 0 saturated carbocycles. The molecule has 0 amide bonds. The standard InChI is InChI=1S/C2H5NO3S/c3-1-2-7(4,5)6/h1-2H,3H2,(H,4,5,6). The van der Waals surface area contributed by atoms with Crippen molar-refractivity contribution in [2.45, 2.75) is 0 Å². The largest absolute Gasteiger partial charge is 0.404 e. The molecule has 4 nitrogen and oxygen atoms in total. The van der Waals surface area contributed by atoms with Crippen LogP contribution in [-0.4, -0.2) is 13.0 Å². The van der Waals surface area contributed by atoms with Gasteiger partial charge in [0.1, 0.15) is 0 Å². The first-order valence-corrected chi connectivity index (χ1v) is 2.92. The summed E-state index contributed by atoms with van der Waals surface area (Å²) in [6.07, 6.45) is 0.745. The number of hydrogen-bond acceptors (Lipinski definition) is 3. The van der Waals surface area contributed by atoms with Crippen LogP contribution < -0.4 is 5.73 Å². The molecule has 0 aliphatic heterocycles. The molecule has 0 bridgehead atoms. The van der Waals surface area contributed by atoms with Gasteiger partial charge in [0.15, 0.2) is 0 Å². The second kappa shape index (κ2) is 1.94. The Morgan fingerprint density at radius 1 is 1.57 bits per heavy atom. The topological polar surface area (TPSA) is 80.4 Å². The molecule has 0 radical (unpaired) electrons. The Morgan fingerprint density at radius 3 is 2.00 bits per heavy atom. The van der Waals surface area contributed by atoms with Crippen molar-refractivity contribution in [2.24, 2.45) is 5.73 Å². The van der Waals surface area contributed by atoms with Gasteiger partial charge in [-0.25, -0.2) is 0 Å². The Balaban J connectivity index is 4.13. The van der Waals surface area contributed by atoms with Gasteiger partial charge in [-0.3, -0.25) is 4.55 Å². The zero-order chi connectivity index (χ0) is 5.91. The minimum atomic E-state index is -3.98. The van der Waals surface area contributed by atoms with Crippen molar-refractivity contribution in [2.75, 3.05) is 0 Å². The van der Waals surface area contributed by atoms with Gasteiger partial charge in [-0.2, -0.15) is 8.42 Å². The quantitative estimate of drug-likeness (QED) is 0.452. The van der Waals surface area contributed by atoms with Gasteiger partial charge in [0.05, 0.1) is 5.41 Å². The van der Waals surface area contributed by atoms with Crippen molar-refractivity contribution in [1.29, 1.82) is 0 Å². The van der Waals surface area contributed by atoms with Gasteiger partial charge >= 0.3 is 0 Å². The minimum Gasteiger partial charge on any atom is -0.404 e. The van der Waals surface area contributed by atoms with Crippen LogP contribution in [0.5, 0.6) is 0 Å². The number of hydrogen-bond donors (Lipinski definition) is 2. The molecule has 42 valence electrons. The fourth-order valence-corrected chi connectivity index (χ4v) is 0.298. The molecule has 0 spiro atoms. The molecule has 0 fully saturated rings. The molecule has 0 aromatic rings. The van der Waals surface area contributed by atoms with Gasteiger partial charge < -0.3 is 5.73 Å². The lowest BCUT2D eigenvalue weighted by atomic mass is 11.1. The minimum absolute atomic E-state index is 0.493. The highest BCUT2D eigenvalue weighted by Gasteiger charge is 1.90. The van der Waals surface area contributed by atoms with E-state index in [-0.39, 0.29) is 0 Å². The highest BCUT2D eigenvalue weighted by atomic mass is 32.2. The summed E-state index contributed by atoms with van der Waals surface area (Å²) in [5.74, 6) is 0. The van der Waals surface area contributed by atoms with Crippen molar-refractivity contribution in [3.63, 3.8) is 0 Å². The molecule has 0 aliphatic rings.